The van der Waals surface area contributed by atoms with Crippen LogP contribution < -0.4 is 5.32 Å². The Morgan fingerprint density at radius 1 is 1.27 bits per heavy atom. The number of pyridine rings is 1. The van der Waals surface area contributed by atoms with Crippen molar-refractivity contribution in [3.63, 3.8) is 0 Å². The number of aryl methyl sites for hydroxylation is 1. The van der Waals surface area contributed by atoms with Gasteiger partial charge in [-0.3, -0.25) is 14.6 Å². The number of benzene rings is 1. The minimum Gasteiger partial charge on any atom is -0.373 e. The maximum absolute atomic E-state index is 12.4. The van der Waals surface area contributed by atoms with Crippen molar-refractivity contribution in [2.45, 2.75) is 20.0 Å². The van der Waals surface area contributed by atoms with Gasteiger partial charge in [-0.1, -0.05) is 12.1 Å². The summed E-state index contributed by atoms with van der Waals surface area (Å²) in [4.78, 5) is 29.7. The molecule has 136 valence electrons. The molecule has 1 saturated heterocycles. The number of nitrogens with one attached hydrogen (secondary N) is 1. The van der Waals surface area contributed by atoms with Crippen LogP contribution in [-0.2, 0) is 9.53 Å². The number of nitrogens with zero attached hydrogens (tertiary/aromatic N) is 2. The van der Waals surface area contributed by atoms with Crippen LogP contribution in [0.2, 0.25) is 0 Å². The minimum atomic E-state index is -0.171. The molecule has 0 bridgehead atoms. The molecular weight excluding hydrogens is 330 g/mol. The molecule has 2 aromatic rings. The van der Waals surface area contributed by atoms with E-state index >= 15 is 0 Å². The van der Waals surface area contributed by atoms with E-state index < -0.39 is 0 Å². The second-order valence-electron chi connectivity index (χ2n) is 6.44. The number of hydrogen-bond donors (Lipinski definition) is 1. The number of carbonyl (C=O) groups excluding carboxylic acids is 2. The van der Waals surface area contributed by atoms with Crippen molar-refractivity contribution in [1.82, 2.24) is 15.2 Å². The fourth-order valence-electron chi connectivity index (χ4n) is 3.04. The molecule has 6 nitrogen and oxygen atoms in total. The van der Waals surface area contributed by atoms with Gasteiger partial charge >= 0.3 is 0 Å². The van der Waals surface area contributed by atoms with E-state index in [1.807, 2.05) is 43.5 Å². The van der Waals surface area contributed by atoms with E-state index in [9.17, 15) is 9.59 Å². The second kappa shape index (κ2) is 8.10. The summed E-state index contributed by atoms with van der Waals surface area (Å²) in [5, 5.41) is 2.89. The molecule has 1 aromatic carbocycles. The minimum absolute atomic E-state index is 0.0339. The number of aromatic nitrogens is 1. The highest BCUT2D eigenvalue weighted by Crippen LogP contribution is 2.22. The maximum atomic E-state index is 12.4. The van der Waals surface area contributed by atoms with Crippen LogP contribution in [0, 0.1) is 6.92 Å². The Morgan fingerprint density at radius 3 is 2.73 bits per heavy atom. The highest BCUT2D eigenvalue weighted by molar-refractivity contribution is 5.94. The summed E-state index contributed by atoms with van der Waals surface area (Å²) in [6.07, 6.45) is 3.41. The van der Waals surface area contributed by atoms with Gasteiger partial charge in [0.05, 0.1) is 12.7 Å². The normalized spacial score (nSPS) is 17.0. The lowest BCUT2D eigenvalue weighted by molar-refractivity contribution is -0.136. The summed E-state index contributed by atoms with van der Waals surface area (Å²) in [6.45, 7) is 5.56. The van der Waals surface area contributed by atoms with Gasteiger partial charge in [-0.05, 0) is 41.8 Å². The Morgan fingerprint density at radius 2 is 2.04 bits per heavy atom. The predicted octanol–water partition coefficient (Wildman–Crippen LogP) is 2.03. The van der Waals surface area contributed by atoms with E-state index in [1.54, 1.807) is 18.0 Å². The van der Waals surface area contributed by atoms with Gasteiger partial charge < -0.3 is 15.0 Å². The molecule has 0 saturated carbocycles. The number of rotatable bonds is 4. The van der Waals surface area contributed by atoms with Crippen molar-refractivity contribution in [3.05, 3.63) is 53.9 Å². The summed E-state index contributed by atoms with van der Waals surface area (Å²) in [5.41, 5.74) is 3.84. The highest BCUT2D eigenvalue weighted by Gasteiger charge is 2.22. The third kappa shape index (κ3) is 4.26. The average Bonchev–Trinajstić information content (AvgIpc) is 2.67. The highest BCUT2D eigenvalue weighted by atomic mass is 16.5. The molecule has 0 aliphatic carbocycles. The lowest BCUT2D eigenvalue weighted by atomic mass is 10.0. The van der Waals surface area contributed by atoms with Crippen LogP contribution in [0.4, 0.5) is 0 Å². The first-order valence-electron chi connectivity index (χ1n) is 8.71. The summed E-state index contributed by atoms with van der Waals surface area (Å²) < 4.78 is 5.62. The van der Waals surface area contributed by atoms with E-state index in [1.165, 1.54) is 0 Å². The molecule has 2 amide bonds. The molecule has 1 fully saturated rings. The van der Waals surface area contributed by atoms with Gasteiger partial charge in [-0.15, -0.1) is 0 Å². The Hall–Kier alpha value is -2.73. The van der Waals surface area contributed by atoms with Crippen LogP contribution in [-0.4, -0.2) is 54.0 Å². The third-order valence-corrected chi connectivity index (χ3v) is 4.55. The standard InChI is InChI=1S/C20H23N3O3/c1-14-11-21-8-7-19(14)16-3-5-17(6-4-16)20(25)22-12-18-13-23(15(2)24)9-10-26-18/h3-8,11,18H,9-10,12-13H2,1-2H3,(H,22,25)/t18-/m0/s1. The molecule has 1 aliphatic heterocycles. The molecule has 6 heteroatoms. The van der Waals surface area contributed by atoms with Crippen molar-refractivity contribution in [1.29, 1.82) is 0 Å². The van der Waals surface area contributed by atoms with Gasteiger partial charge in [0, 0.05) is 44.5 Å². The van der Waals surface area contributed by atoms with Crippen LogP contribution >= 0.6 is 0 Å². The summed E-state index contributed by atoms with van der Waals surface area (Å²) in [6, 6.07) is 9.46. The first-order chi connectivity index (χ1) is 12.5. The van der Waals surface area contributed by atoms with Crippen LogP contribution in [0.3, 0.4) is 0 Å². The molecule has 0 unspecified atom stereocenters. The van der Waals surface area contributed by atoms with Crippen LogP contribution in [0.5, 0.6) is 0 Å². The Balaban J connectivity index is 1.58. The van der Waals surface area contributed by atoms with E-state index in [4.69, 9.17) is 4.74 Å². The molecule has 0 spiro atoms. The van der Waals surface area contributed by atoms with Gasteiger partial charge in [0.15, 0.2) is 0 Å². The van der Waals surface area contributed by atoms with Gasteiger partial charge in [0.2, 0.25) is 5.91 Å². The lowest BCUT2D eigenvalue weighted by Crippen LogP contribution is -2.49. The first kappa shape index (κ1) is 18.1. The summed E-state index contributed by atoms with van der Waals surface area (Å²) in [5.74, 6) is -0.113. The zero-order valence-corrected chi connectivity index (χ0v) is 15.1. The zero-order chi connectivity index (χ0) is 18.5. The Kier molecular flexibility index (Phi) is 5.63. The Labute approximate surface area is 153 Å². The molecule has 0 radical (unpaired) electrons. The van der Waals surface area contributed by atoms with Crippen molar-refractivity contribution < 1.29 is 14.3 Å². The number of ether oxygens (including phenoxy) is 1. The monoisotopic (exact) mass is 353 g/mol. The van der Waals surface area contributed by atoms with Gasteiger partial charge in [0.1, 0.15) is 0 Å². The molecule has 2 heterocycles. The van der Waals surface area contributed by atoms with E-state index in [-0.39, 0.29) is 17.9 Å². The number of carbonyl (C=O) groups is 2. The van der Waals surface area contributed by atoms with Crippen molar-refractivity contribution in [3.8, 4) is 11.1 Å². The second-order valence-corrected chi connectivity index (χ2v) is 6.44. The maximum Gasteiger partial charge on any atom is 0.251 e. The summed E-state index contributed by atoms with van der Waals surface area (Å²) in [7, 11) is 0. The number of hydrogen-bond acceptors (Lipinski definition) is 4. The molecular formula is C20H23N3O3. The third-order valence-electron chi connectivity index (χ3n) is 4.55. The van der Waals surface area contributed by atoms with E-state index in [0.29, 0.717) is 31.8 Å². The van der Waals surface area contributed by atoms with Gasteiger partial charge in [0.25, 0.3) is 5.91 Å². The largest absolute Gasteiger partial charge is 0.373 e. The van der Waals surface area contributed by atoms with Crippen LogP contribution in [0.15, 0.2) is 42.7 Å². The SMILES string of the molecule is CC(=O)N1CCO[C@@H](CNC(=O)c2ccc(-c3ccncc3C)cc2)C1. The summed E-state index contributed by atoms with van der Waals surface area (Å²) >= 11 is 0. The zero-order valence-electron chi connectivity index (χ0n) is 15.1. The fraction of sp³-hybridized carbons (Fsp3) is 0.350. The van der Waals surface area contributed by atoms with Crippen LogP contribution in [0.1, 0.15) is 22.8 Å². The Bertz CT molecular complexity index is 789. The smallest absolute Gasteiger partial charge is 0.251 e. The van der Waals surface area contributed by atoms with Crippen molar-refractivity contribution in [2.24, 2.45) is 0 Å². The molecule has 1 aromatic heterocycles. The molecule has 26 heavy (non-hydrogen) atoms. The van der Waals surface area contributed by atoms with Crippen LogP contribution in [0.25, 0.3) is 11.1 Å². The fourth-order valence-corrected chi connectivity index (χ4v) is 3.04. The lowest BCUT2D eigenvalue weighted by Gasteiger charge is -2.32. The topological polar surface area (TPSA) is 71.5 Å². The quantitative estimate of drug-likeness (QED) is 0.913. The molecule has 1 N–H and O–H groups in total. The molecule has 1 atom stereocenters. The van der Waals surface area contributed by atoms with E-state index in [2.05, 4.69) is 10.3 Å². The first-order valence-corrected chi connectivity index (χ1v) is 8.71. The molecule has 1 aliphatic rings. The van der Waals surface area contributed by atoms with Gasteiger partial charge in [-0.2, -0.15) is 0 Å². The average molecular weight is 353 g/mol. The van der Waals surface area contributed by atoms with Crippen molar-refractivity contribution in [2.75, 3.05) is 26.2 Å². The number of morpholine rings is 1. The molecule has 3 rings (SSSR count). The van der Waals surface area contributed by atoms with Crippen molar-refractivity contribution >= 4 is 11.8 Å². The number of amides is 2. The van der Waals surface area contributed by atoms with E-state index in [0.717, 1.165) is 16.7 Å². The predicted molar refractivity (Wildman–Crippen MR) is 98.7 cm³/mol. The van der Waals surface area contributed by atoms with Gasteiger partial charge in [-0.25, -0.2) is 0 Å².